The summed E-state index contributed by atoms with van der Waals surface area (Å²) in [4.78, 5) is 27.0. The van der Waals surface area contributed by atoms with Gasteiger partial charge >= 0.3 is 6.09 Å². The molecule has 9 nitrogen and oxygen atoms in total. The molecule has 1 fully saturated rings. The molecule has 0 saturated heterocycles. The first-order valence-corrected chi connectivity index (χ1v) is 11.7. The van der Waals surface area contributed by atoms with Crippen LogP contribution in [0.25, 0.3) is 10.3 Å². The number of alkyl carbamates (subject to hydrolysis) is 1. The Morgan fingerprint density at radius 3 is 2.64 bits per heavy atom. The molecule has 10 heteroatoms. The Labute approximate surface area is 196 Å². The molecular weight excluding hydrogens is 442 g/mol. The van der Waals surface area contributed by atoms with Gasteiger partial charge in [0.2, 0.25) is 0 Å². The van der Waals surface area contributed by atoms with Crippen molar-refractivity contribution < 1.29 is 19.0 Å². The molecule has 1 aliphatic rings. The van der Waals surface area contributed by atoms with Crippen molar-refractivity contribution in [3.8, 4) is 11.5 Å². The first-order chi connectivity index (χ1) is 15.8. The van der Waals surface area contributed by atoms with Gasteiger partial charge in [-0.3, -0.25) is 0 Å². The summed E-state index contributed by atoms with van der Waals surface area (Å²) in [5.41, 5.74) is 2.78. The van der Waals surface area contributed by atoms with Crippen LogP contribution in [0.4, 0.5) is 16.3 Å². The molecule has 4 rings (SSSR count). The Morgan fingerprint density at radius 1 is 1.12 bits per heavy atom. The molecular formula is C23H29N5O4S. The van der Waals surface area contributed by atoms with Crippen molar-refractivity contribution >= 4 is 39.3 Å². The Morgan fingerprint density at radius 2 is 1.91 bits per heavy atom. The van der Waals surface area contributed by atoms with E-state index in [0.717, 1.165) is 41.1 Å². The molecule has 0 spiro atoms. The highest BCUT2D eigenvalue weighted by Gasteiger charge is 2.31. The van der Waals surface area contributed by atoms with Gasteiger partial charge in [-0.2, -0.15) is 0 Å². The highest BCUT2D eigenvalue weighted by Crippen LogP contribution is 2.36. The van der Waals surface area contributed by atoms with Crippen LogP contribution in [0.2, 0.25) is 0 Å². The predicted molar refractivity (Wildman–Crippen MR) is 128 cm³/mol. The van der Waals surface area contributed by atoms with Gasteiger partial charge in [-0.15, -0.1) is 11.3 Å². The van der Waals surface area contributed by atoms with Crippen molar-refractivity contribution in [2.24, 2.45) is 0 Å². The zero-order valence-corrected chi connectivity index (χ0v) is 20.3. The molecule has 2 heterocycles. The van der Waals surface area contributed by atoms with Gasteiger partial charge in [-0.1, -0.05) is 0 Å². The minimum atomic E-state index is -0.521. The molecule has 0 bridgehead atoms. The van der Waals surface area contributed by atoms with Crippen molar-refractivity contribution in [3.05, 3.63) is 29.5 Å². The number of thiazole rings is 1. The third-order valence-corrected chi connectivity index (χ3v) is 6.10. The number of anilines is 2. The lowest BCUT2D eigenvalue weighted by Crippen LogP contribution is -2.37. The first kappa shape index (κ1) is 23.0. The summed E-state index contributed by atoms with van der Waals surface area (Å²) < 4.78 is 16.1. The third-order valence-electron chi connectivity index (χ3n) is 5.38. The van der Waals surface area contributed by atoms with Crippen LogP contribution in [0, 0.1) is 0 Å². The van der Waals surface area contributed by atoms with E-state index in [1.807, 2.05) is 39.0 Å². The van der Waals surface area contributed by atoms with Crippen molar-refractivity contribution in [1.82, 2.24) is 20.3 Å². The van der Waals surface area contributed by atoms with E-state index in [0.29, 0.717) is 17.3 Å². The van der Waals surface area contributed by atoms with Gasteiger partial charge in [-0.25, -0.2) is 19.7 Å². The Balaban J connectivity index is 1.53. The number of ether oxygens (including phenoxy) is 3. The first-order valence-electron chi connectivity index (χ1n) is 10.9. The number of fused-ring (bicyclic) bond motifs is 1. The number of hydrogen-bond acceptors (Lipinski definition) is 9. The molecule has 1 amide bonds. The van der Waals surface area contributed by atoms with Gasteiger partial charge in [0, 0.05) is 23.7 Å². The van der Waals surface area contributed by atoms with Crippen LogP contribution in [0.3, 0.4) is 0 Å². The fourth-order valence-electron chi connectivity index (χ4n) is 3.92. The van der Waals surface area contributed by atoms with Crippen molar-refractivity contribution in [3.63, 3.8) is 0 Å². The molecule has 2 unspecified atom stereocenters. The number of nitrogens with zero attached hydrogens (tertiary/aromatic N) is 3. The van der Waals surface area contributed by atoms with Crippen LogP contribution in [0.1, 0.15) is 51.8 Å². The third kappa shape index (κ3) is 5.44. The SMILES string of the molecule is COc1ccc(Nc2nc(C3CCC(NC(=O)OC(C)(C)C)C3)nc3scnc23)cc1OC. The van der Waals surface area contributed by atoms with Crippen molar-refractivity contribution in [1.29, 1.82) is 0 Å². The normalized spacial score (nSPS) is 18.2. The lowest BCUT2D eigenvalue weighted by atomic mass is 10.1. The molecule has 3 aromatic rings. The summed E-state index contributed by atoms with van der Waals surface area (Å²) in [5, 5.41) is 6.34. The standard InChI is InChI=1S/C23H29N5O4S/c1-23(2,3)32-22(29)26-14-7-6-13(10-14)19-27-20(18-21(28-19)33-12-24-18)25-15-8-9-16(30-4)17(11-15)31-5/h8-9,11-14H,6-7,10H2,1-5H3,(H,26,29)(H,25,27,28). The number of hydrogen-bond donors (Lipinski definition) is 2. The molecule has 0 radical (unpaired) electrons. The number of nitrogens with one attached hydrogen (secondary N) is 2. The highest BCUT2D eigenvalue weighted by atomic mass is 32.1. The van der Waals surface area contributed by atoms with Crippen molar-refractivity contribution in [2.75, 3.05) is 19.5 Å². The number of carbonyl (C=O) groups is 1. The summed E-state index contributed by atoms with van der Waals surface area (Å²) in [6.07, 6.45) is 2.12. The summed E-state index contributed by atoms with van der Waals surface area (Å²) in [7, 11) is 3.21. The molecule has 2 aromatic heterocycles. The minimum Gasteiger partial charge on any atom is -0.493 e. The van der Waals surface area contributed by atoms with Gasteiger partial charge in [0.15, 0.2) is 17.3 Å². The number of rotatable bonds is 6. The maximum atomic E-state index is 12.2. The lowest BCUT2D eigenvalue weighted by Gasteiger charge is -2.21. The second kappa shape index (κ2) is 9.38. The van der Waals surface area contributed by atoms with Gasteiger partial charge in [-0.05, 0) is 52.2 Å². The zero-order chi connectivity index (χ0) is 23.6. The maximum absolute atomic E-state index is 12.2. The van der Waals surface area contributed by atoms with E-state index < -0.39 is 5.60 Å². The van der Waals surface area contributed by atoms with E-state index in [9.17, 15) is 4.79 Å². The topological polar surface area (TPSA) is 107 Å². The van der Waals surface area contributed by atoms with E-state index in [2.05, 4.69) is 15.6 Å². The quantitative estimate of drug-likeness (QED) is 0.517. The average molecular weight is 472 g/mol. The monoisotopic (exact) mass is 471 g/mol. The predicted octanol–water partition coefficient (Wildman–Crippen LogP) is 5.01. The molecule has 1 aliphatic carbocycles. The lowest BCUT2D eigenvalue weighted by molar-refractivity contribution is 0.0505. The number of methoxy groups -OCH3 is 2. The van der Waals surface area contributed by atoms with E-state index >= 15 is 0 Å². The van der Waals surface area contributed by atoms with Crippen LogP contribution in [-0.4, -0.2) is 46.9 Å². The minimum absolute atomic E-state index is 0.0351. The number of benzene rings is 1. The largest absolute Gasteiger partial charge is 0.493 e. The summed E-state index contributed by atoms with van der Waals surface area (Å²) in [5.74, 6) is 2.82. The fraction of sp³-hybridized carbons (Fsp3) is 0.478. The Hall–Kier alpha value is -3.14. The second-order valence-electron chi connectivity index (χ2n) is 8.98. The number of amides is 1. The summed E-state index contributed by atoms with van der Waals surface area (Å²) in [6.45, 7) is 5.57. The average Bonchev–Trinajstić information content (AvgIpc) is 3.41. The number of carbonyl (C=O) groups excluding carboxylic acids is 1. The van der Waals surface area contributed by atoms with Gasteiger partial charge in [0.05, 0.1) is 19.7 Å². The van der Waals surface area contributed by atoms with Crippen LogP contribution >= 0.6 is 11.3 Å². The maximum Gasteiger partial charge on any atom is 0.407 e. The molecule has 176 valence electrons. The van der Waals surface area contributed by atoms with Crippen molar-refractivity contribution in [2.45, 2.75) is 57.6 Å². The van der Waals surface area contributed by atoms with Crippen LogP contribution < -0.4 is 20.1 Å². The van der Waals surface area contributed by atoms with Crippen LogP contribution in [0.5, 0.6) is 11.5 Å². The van der Waals surface area contributed by atoms with Gasteiger partial charge in [0.25, 0.3) is 0 Å². The van der Waals surface area contributed by atoms with Gasteiger partial charge < -0.3 is 24.8 Å². The molecule has 1 saturated carbocycles. The Bertz CT molecular complexity index is 1140. The van der Waals surface area contributed by atoms with E-state index in [1.165, 1.54) is 11.3 Å². The smallest absolute Gasteiger partial charge is 0.407 e. The van der Waals surface area contributed by atoms with Crippen LogP contribution in [-0.2, 0) is 4.74 Å². The molecule has 1 aromatic carbocycles. The number of aromatic nitrogens is 3. The molecule has 2 atom stereocenters. The summed E-state index contributed by atoms with van der Waals surface area (Å²) in [6, 6.07) is 5.63. The van der Waals surface area contributed by atoms with E-state index in [-0.39, 0.29) is 18.1 Å². The molecule has 0 aliphatic heterocycles. The Kier molecular flexibility index (Phi) is 6.55. The molecule has 33 heavy (non-hydrogen) atoms. The van der Waals surface area contributed by atoms with E-state index in [4.69, 9.17) is 24.2 Å². The molecule has 2 N–H and O–H groups in total. The second-order valence-corrected chi connectivity index (χ2v) is 9.82. The van der Waals surface area contributed by atoms with E-state index in [1.54, 1.807) is 19.7 Å². The van der Waals surface area contributed by atoms with Gasteiger partial charge in [0.1, 0.15) is 21.8 Å². The van der Waals surface area contributed by atoms with Crippen LogP contribution in [0.15, 0.2) is 23.7 Å². The summed E-state index contributed by atoms with van der Waals surface area (Å²) >= 11 is 1.48. The fourth-order valence-corrected chi connectivity index (χ4v) is 4.59. The highest BCUT2D eigenvalue weighted by molar-refractivity contribution is 7.16. The zero-order valence-electron chi connectivity index (χ0n) is 19.5.